The third kappa shape index (κ3) is 3.84. The average molecular weight is 408 g/mol. The van der Waals surface area contributed by atoms with Crippen molar-refractivity contribution in [1.29, 1.82) is 0 Å². The number of hydrogen-bond donors (Lipinski definition) is 3. The van der Waals surface area contributed by atoms with E-state index in [0.29, 0.717) is 22.4 Å². The van der Waals surface area contributed by atoms with Crippen molar-refractivity contribution in [3.8, 4) is 5.75 Å². The number of fused-ring (bicyclic) bond motifs is 1. The molecule has 4 rings (SSSR count). The number of aromatic amines is 1. The van der Waals surface area contributed by atoms with Gasteiger partial charge in [-0.25, -0.2) is 0 Å². The highest BCUT2D eigenvalue weighted by atomic mass is 32.1. The van der Waals surface area contributed by atoms with Crippen LogP contribution in [-0.2, 0) is 0 Å². The molecular weight excluding hydrogens is 378 g/mol. The van der Waals surface area contributed by atoms with Gasteiger partial charge in [-0.1, -0.05) is 32.0 Å². The summed E-state index contributed by atoms with van der Waals surface area (Å²) in [4.78, 5) is 3.56. The molecule has 0 radical (unpaired) electrons. The fraction of sp³-hybridized carbons (Fsp3) is 0.375. The zero-order valence-corrected chi connectivity index (χ0v) is 18.3. The Hall–Kier alpha value is -2.53. The minimum Gasteiger partial charge on any atom is -0.497 e. The van der Waals surface area contributed by atoms with Gasteiger partial charge in [0.25, 0.3) is 0 Å². The fourth-order valence-corrected chi connectivity index (χ4v) is 4.97. The van der Waals surface area contributed by atoms with Crippen LogP contribution in [0.2, 0.25) is 0 Å². The Balaban J connectivity index is 1.35. The highest BCUT2D eigenvalue weighted by Gasteiger charge is 2.58. The topological polar surface area (TPSA) is 49.1 Å². The fourth-order valence-electron chi connectivity index (χ4n) is 4.75. The summed E-state index contributed by atoms with van der Waals surface area (Å²) < 4.78 is 5.19. The van der Waals surface area contributed by atoms with Gasteiger partial charge in [-0.05, 0) is 78.7 Å². The van der Waals surface area contributed by atoms with E-state index in [9.17, 15) is 0 Å². The summed E-state index contributed by atoms with van der Waals surface area (Å²) in [7, 11) is 1.67. The van der Waals surface area contributed by atoms with Gasteiger partial charge in [-0.2, -0.15) is 0 Å². The highest BCUT2D eigenvalue weighted by Crippen LogP contribution is 2.67. The van der Waals surface area contributed by atoms with Gasteiger partial charge in [0.2, 0.25) is 0 Å². The van der Waals surface area contributed by atoms with Crippen LogP contribution in [0.15, 0.2) is 48.5 Å². The van der Waals surface area contributed by atoms with Gasteiger partial charge in [0.15, 0.2) is 5.11 Å². The van der Waals surface area contributed by atoms with Gasteiger partial charge >= 0.3 is 0 Å². The van der Waals surface area contributed by atoms with Crippen molar-refractivity contribution in [3.63, 3.8) is 0 Å². The van der Waals surface area contributed by atoms with Crippen molar-refractivity contribution in [2.24, 2.45) is 11.3 Å². The Morgan fingerprint density at radius 1 is 1.14 bits per heavy atom. The lowest BCUT2D eigenvalue weighted by molar-refractivity contribution is 0.415. The zero-order chi connectivity index (χ0) is 20.6. The maximum Gasteiger partial charge on any atom is 0.170 e. The van der Waals surface area contributed by atoms with E-state index >= 15 is 0 Å². The van der Waals surface area contributed by atoms with E-state index in [-0.39, 0.29) is 0 Å². The summed E-state index contributed by atoms with van der Waals surface area (Å²) in [5.41, 5.74) is 5.31. The normalized spacial score (nSPS) is 19.7. The van der Waals surface area contributed by atoms with E-state index in [1.54, 1.807) is 7.11 Å². The number of H-pyrrole nitrogens is 1. The van der Waals surface area contributed by atoms with Crippen LogP contribution in [0, 0.1) is 18.3 Å². The Labute approximate surface area is 178 Å². The van der Waals surface area contributed by atoms with Gasteiger partial charge in [0.05, 0.1) is 7.11 Å². The van der Waals surface area contributed by atoms with Crippen molar-refractivity contribution >= 4 is 33.9 Å². The number of anilines is 1. The number of methoxy groups -OCH3 is 1. The third-order valence-electron chi connectivity index (χ3n) is 6.39. The Morgan fingerprint density at radius 3 is 2.59 bits per heavy atom. The van der Waals surface area contributed by atoms with Crippen LogP contribution in [0.4, 0.5) is 5.69 Å². The van der Waals surface area contributed by atoms with Crippen molar-refractivity contribution in [2.75, 3.05) is 19.0 Å². The molecule has 1 aliphatic rings. The zero-order valence-electron chi connectivity index (χ0n) is 17.5. The number of nitrogens with one attached hydrogen (secondary N) is 3. The number of rotatable bonds is 6. The summed E-state index contributed by atoms with van der Waals surface area (Å²) in [5, 5.41) is 8.64. The van der Waals surface area contributed by atoms with Gasteiger partial charge in [0.1, 0.15) is 5.75 Å². The number of aromatic nitrogens is 1. The standard InChI is InChI=1S/C24H29N3OS/c1-15-21(18-7-5-6-8-20(18)26-15)22-19(24(22,2)3)13-14-25-23(29)27-16-9-11-17(28-4)12-10-16/h5-12,19,22,26H,13-14H2,1-4H3,(H2,25,27,29)/t19-,22-/m0/s1. The number of ether oxygens (including phenoxy) is 1. The van der Waals surface area contributed by atoms with Crippen molar-refractivity contribution < 1.29 is 4.74 Å². The lowest BCUT2D eigenvalue weighted by Gasteiger charge is -2.11. The summed E-state index contributed by atoms with van der Waals surface area (Å²) >= 11 is 5.46. The monoisotopic (exact) mass is 407 g/mol. The van der Waals surface area contributed by atoms with Crippen molar-refractivity contribution in [3.05, 3.63) is 59.8 Å². The molecule has 1 aromatic heterocycles. The first-order chi connectivity index (χ1) is 13.9. The van der Waals surface area contributed by atoms with Crippen LogP contribution in [0.3, 0.4) is 0 Å². The predicted octanol–water partition coefficient (Wildman–Crippen LogP) is 5.60. The van der Waals surface area contributed by atoms with Crippen LogP contribution in [-0.4, -0.2) is 23.8 Å². The summed E-state index contributed by atoms with van der Waals surface area (Å²) in [6.45, 7) is 7.84. The SMILES string of the molecule is COc1ccc(NC(=S)NCC[C@H]2[C@@H](c3c(C)[nH]c4ccccc34)C2(C)C)cc1. The first-order valence-electron chi connectivity index (χ1n) is 10.2. The van der Waals surface area contributed by atoms with E-state index in [0.717, 1.165) is 24.4 Å². The molecule has 0 spiro atoms. The number of benzene rings is 2. The Morgan fingerprint density at radius 2 is 1.86 bits per heavy atom. The van der Waals surface area contributed by atoms with Crippen LogP contribution in [0.1, 0.15) is 37.4 Å². The molecule has 2 aromatic carbocycles. The van der Waals surface area contributed by atoms with E-state index < -0.39 is 0 Å². The Bertz CT molecular complexity index is 1020. The smallest absolute Gasteiger partial charge is 0.170 e. The predicted molar refractivity (Wildman–Crippen MR) is 125 cm³/mol. The maximum absolute atomic E-state index is 5.46. The summed E-state index contributed by atoms with van der Waals surface area (Å²) in [6.07, 6.45) is 1.10. The van der Waals surface area contributed by atoms with Gasteiger partial charge in [0, 0.05) is 28.8 Å². The third-order valence-corrected chi connectivity index (χ3v) is 6.64. The molecule has 0 bridgehead atoms. The molecule has 2 atom stereocenters. The molecule has 1 fully saturated rings. The minimum absolute atomic E-state index is 0.308. The molecule has 4 nitrogen and oxygen atoms in total. The molecule has 3 N–H and O–H groups in total. The summed E-state index contributed by atoms with van der Waals surface area (Å²) in [5.74, 6) is 2.07. The largest absolute Gasteiger partial charge is 0.497 e. The molecule has 1 saturated carbocycles. The van der Waals surface area contributed by atoms with Crippen LogP contribution < -0.4 is 15.4 Å². The number of aryl methyl sites for hydroxylation is 1. The molecule has 0 saturated heterocycles. The molecule has 0 amide bonds. The number of hydrogen-bond acceptors (Lipinski definition) is 2. The number of para-hydroxylation sites is 1. The minimum atomic E-state index is 0.308. The number of thiocarbonyl (C=S) groups is 1. The molecule has 3 aromatic rings. The van der Waals surface area contributed by atoms with E-state index in [4.69, 9.17) is 17.0 Å². The second-order valence-corrected chi connectivity index (χ2v) is 8.92. The Kier molecular flexibility index (Phi) is 5.26. The lowest BCUT2D eigenvalue weighted by Crippen LogP contribution is -2.29. The first kappa shape index (κ1) is 19.8. The molecule has 1 heterocycles. The molecule has 1 aliphatic carbocycles. The van der Waals surface area contributed by atoms with Crippen molar-refractivity contribution in [2.45, 2.75) is 33.1 Å². The highest BCUT2D eigenvalue weighted by molar-refractivity contribution is 7.80. The first-order valence-corrected chi connectivity index (χ1v) is 10.6. The molecule has 152 valence electrons. The van der Waals surface area contributed by atoms with E-state index in [1.807, 2.05) is 24.3 Å². The van der Waals surface area contributed by atoms with E-state index in [1.165, 1.54) is 22.2 Å². The van der Waals surface area contributed by atoms with Crippen LogP contribution in [0.25, 0.3) is 10.9 Å². The van der Waals surface area contributed by atoms with Gasteiger partial charge in [-0.15, -0.1) is 0 Å². The van der Waals surface area contributed by atoms with Crippen LogP contribution in [0.5, 0.6) is 5.75 Å². The van der Waals surface area contributed by atoms with Crippen molar-refractivity contribution in [1.82, 2.24) is 10.3 Å². The molecule has 5 heteroatoms. The maximum atomic E-state index is 5.46. The van der Waals surface area contributed by atoms with Crippen LogP contribution >= 0.6 is 12.2 Å². The second-order valence-electron chi connectivity index (χ2n) is 8.51. The van der Waals surface area contributed by atoms with E-state index in [2.05, 4.69) is 60.7 Å². The molecule has 29 heavy (non-hydrogen) atoms. The molecule has 0 aliphatic heterocycles. The quantitative estimate of drug-likeness (QED) is 0.466. The molecule has 0 unspecified atom stereocenters. The van der Waals surface area contributed by atoms with Gasteiger partial charge < -0.3 is 20.4 Å². The molecular formula is C24H29N3OS. The summed E-state index contributed by atoms with van der Waals surface area (Å²) in [6, 6.07) is 16.4. The lowest BCUT2D eigenvalue weighted by atomic mass is 10.0. The van der Waals surface area contributed by atoms with Gasteiger partial charge in [-0.3, -0.25) is 0 Å². The average Bonchev–Trinajstić information content (AvgIpc) is 3.06. The second kappa shape index (κ2) is 7.71.